The van der Waals surface area contributed by atoms with Gasteiger partial charge in [-0.1, -0.05) is 36.4 Å². The molecule has 30 heavy (non-hydrogen) atoms. The number of benzene rings is 3. The van der Waals surface area contributed by atoms with Gasteiger partial charge in [-0.3, -0.25) is 0 Å². The molecule has 0 fully saturated rings. The Bertz CT molecular complexity index is 1290. The fourth-order valence-corrected chi connectivity index (χ4v) is 3.70. The van der Waals surface area contributed by atoms with Gasteiger partial charge in [-0.2, -0.15) is 5.10 Å². The van der Waals surface area contributed by atoms with E-state index in [0.29, 0.717) is 17.9 Å². The molecule has 0 aliphatic heterocycles. The number of nitrogens with two attached hydrogens (primary N) is 1. The van der Waals surface area contributed by atoms with Gasteiger partial charge < -0.3 is 10.1 Å². The number of fused-ring (bicyclic) bond motifs is 1. The average Bonchev–Trinajstić information content (AvgIpc) is 2.76. The minimum Gasteiger partial charge on any atom is -0.497 e. The molecule has 3 N–H and O–H groups in total. The number of rotatable bonds is 6. The molecule has 0 amide bonds. The van der Waals surface area contributed by atoms with Crippen molar-refractivity contribution in [2.24, 2.45) is 5.14 Å². The zero-order valence-corrected chi connectivity index (χ0v) is 17.1. The number of aromatic nitrogens is 2. The van der Waals surface area contributed by atoms with E-state index >= 15 is 0 Å². The lowest BCUT2D eigenvalue weighted by Crippen LogP contribution is -2.11. The van der Waals surface area contributed by atoms with Gasteiger partial charge in [0.15, 0.2) is 5.82 Å². The highest BCUT2D eigenvalue weighted by Crippen LogP contribution is 2.27. The van der Waals surface area contributed by atoms with Crippen molar-refractivity contribution in [3.8, 4) is 5.75 Å². The normalized spacial score (nSPS) is 11.4. The van der Waals surface area contributed by atoms with Crippen LogP contribution in [0.2, 0.25) is 0 Å². The van der Waals surface area contributed by atoms with Crippen LogP contribution in [0.25, 0.3) is 10.8 Å². The second-order valence-corrected chi connectivity index (χ2v) is 8.32. The highest BCUT2D eigenvalue weighted by molar-refractivity contribution is 7.89. The summed E-state index contributed by atoms with van der Waals surface area (Å²) in [6.07, 6.45) is 0.640. The van der Waals surface area contributed by atoms with Gasteiger partial charge in [-0.15, -0.1) is 5.10 Å². The number of primary sulfonamides is 1. The molecule has 152 valence electrons. The maximum atomic E-state index is 11.4. The van der Waals surface area contributed by atoms with E-state index in [4.69, 9.17) is 9.88 Å². The van der Waals surface area contributed by atoms with Gasteiger partial charge in [-0.25, -0.2) is 13.6 Å². The van der Waals surface area contributed by atoms with Crippen LogP contribution in [-0.2, 0) is 16.4 Å². The topological polar surface area (TPSA) is 107 Å². The van der Waals surface area contributed by atoms with E-state index in [1.54, 1.807) is 19.2 Å². The molecule has 0 spiro atoms. The van der Waals surface area contributed by atoms with Crippen molar-refractivity contribution in [1.82, 2.24) is 10.2 Å². The number of methoxy groups -OCH3 is 1. The molecule has 7 nitrogen and oxygen atoms in total. The maximum absolute atomic E-state index is 11.4. The summed E-state index contributed by atoms with van der Waals surface area (Å²) in [5.74, 6) is 1.40. The zero-order chi connectivity index (χ0) is 21.1. The molecule has 4 rings (SSSR count). The number of hydrogen-bond acceptors (Lipinski definition) is 6. The van der Waals surface area contributed by atoms with Crippen LogP contribution in [0.3, 0.4) is 0 Å². The highest BCUT2D eigenvalue weighted by atomic mass is 32.2. The maximum Gasteiger partial charge on any atom is 0.238 e. The van der Waals surface area contributed by atoms with Crippen molar-refractivity contribution in [3.63, 3.8) is 0 Å². The molecule has 8 heteroatoms. The van der Waals surface area contributed by atoms with Crippen LogP contribution in [0.1, 0.15) is 11.3 Å². The molecule has 4 aromatic rings. The largest absolute Gasteiger partial charge is 0.497 e. The number of hydrogen-bond donors (Lipinski definition) is 2. The predicted octanol–water partition coefficient (Wildman–Crippen LogP) is 3.62. The highest BCUT2D eigenvalue weighted by Gasteiger charge is 2.11. The van der Waals surface area contributed by atoms with E-state index in [-0.39, 0.29) is 4.90 Å². The van der Waals surface area contributed by atoms with Crippen molar-refractivity contribution in [2.75, 3.05) is 12.4 Å². The average molecular weight is 420 g/mol. The first-order chi connectivity index (χ1) is 14.4. The van der Waals surface area contributed by atoms with Crippen molar-refractivity contribution in [2.45, 2.75) is 11.3 Å². The summed E-state index contributed by atoms with van der Waals surface area (Å²) in [5.41, 5.74) is 2.66. The lowest BCUT2D eigenvalue weighted by atomic mass is 10.0. The summed E-state index contributed by atoms with van der Waals surface area (Å²) in [4.78, 5) is 0.0545. The summed E-state index contributed by atoms with van der Waals surface area (Å²) in [6.45, 7) is 0. The SMILES string of the molecule is COc1ccc(Cc2nnc(Nc3ccc(S(N)(=O)=O)cc3)c3ccccc23)cc1. The fourth-order valence-electron chi connectivity index (χ4n) is 3.18. The van der Waals surface area contributed by atoms with E-state index in [2.05, 4.69) is 15.5 Å². The van der Waals surface area contributed by atoms with E-state index in [9.17, 15) is 8.42 Å². The smallest absolute Gasteiger partial charge is 0.238 e. The molecule has 0 atom stereocenters. The van der Waals surface area contributed by atoms with Crippen molar-refractivity contribution < 1.29 is 13.2 Å². The Labute approximate surface area is 174 Å². The van der Waals surface area contributed by atoms with Crippen LogP contribution < -0.4 is 15.2 Å². The molecular formula is C22H20N4O3S. The summed E-state index contributed by atoms with van der Waals surface area (Å²) < 4.78 is 28.1. The molecule has 0 aliphatic rings. The Morgan fingerprint density at radius 3 is 2.20 bits per heavy atom. The fraction of sp³-hybridized carbons (Fsp3) is 0.0909. The van der Waals surface area contributed by atoms with Crippen LogP contribution in [0.5, 0.6) is 5.75 Å². The summed E-state index contributed by atoms with van der Waals surface area (Å²) in [5, 5.41) is 19.1. The summed E-state index contributed by atoms with van der Waals surface area (Å²) in [6, 6.07) is 21.9. The first-order valence-electron chi connectivity index (χ1n) is 9.21. The Morgan fingerprint density at radius 2 is 1.57 bits per heavy atom. The molecule has 1 heterocycles. The van der Waals surface area contributed by atoms with Gasteiger partial charge in [0.1, 0.15) is 5.75 Å². The second kappa shape index (κ2) is 8.10. The van der Waals surface area contributed by atoms with Crippen LogP contribution in [0.4, 0.5) is 11.5 Å². The van der Waals surface area contributed by atoms with Gasteiger partial charge in [0.25, 0.3) is 0 Å². The van der Waals surface area contributed by atoms with E-state index in [1.165, 1.54) is 12.1 Å². The van der Waals surface area contributed by atoms with Gasteiger partial charge in [0.2, 0.25) is 10.0 Å². The third kappa shape index (κ3) is 4.24. The van der Waals surface area contributed by atoms with Crippen molar-refractivity contribution in [1.29, 1.82) is 0 Å². The molecule has 0 aliphatic carbocycles. The Morgan fingerprint density at radius 1 is 0.900 bits per heavy atom. The van der Waals surface area contributed by atoms with Gasteiger partial charge in [-0.05, 0) is 42.0 Å². The molecule has 0 bridgehead atoms. The minimum atomic E-state index is -3.73. The molecule has 0 saturated carbocycles. The lowest BCUT2D eigenvalue weighted by Gasteiger charge is -2.12. The van der Waals surface area contributed by atoms with Crippen LogP contribution in [0.15, 0.2) is 77.7 Å². The second-order valence-electron chi connectivity index (χ2n) is 6.76. The van der Waals surface area contributed by atoms with Gasteiger partial charge in [0.05, 0.1) is 17.7 Å². The van der Waals surface area contributed by atoms with E-state index < -0.39 is 10.0 Å². The third-order valence-electron chi connectivity index (χ3n) is 4.74. The van der Waals surface area contributed by atoms with Gasteiger partial charge in [0, 0.05) is 22.9 Å². The molecular weight excluding hydrogens is 400 g/mol. The predicted molar refractivity (Wildman–Crippen MR) is 116 cm³/mol. The monoisotopic (exact) mass is 420 g/mol. The molecule has 0 saturated heterocycles. The Kier molecular flexibility index (Phi) is 5.35. The van der Waals surface area contributed by atoms with Crippen LogP contribution in [0, 0.1) is 0 Å². The van der Waals surface area contributed by atoms with Gasteiger partial charge >= 0.3 is 0 Å². The quantitative estimate of drug-likeness (QED) is 0.493. The number of ether oxygens (including phenoxy) is 1. The zero-order valence-electron chi connectivity index (χ0n) is 16.2. The first kappa shape index (κ1) is 19.8. The van der Waals surface area contributed by atoms with E-state index in [0.717, 1.165) is 27.8 Å². The first-order valence-corrected chi connectivity index (χ1v) is 10.8. The number of sulfonamides is 1. The summed E-state index contributed by atoms with van der Waals surface area (Å²) in [7, 11) is -2.09. The molecule has 0 unspecified atom stereocenters. The number of nitrogens with one attached hydrogen (secondary N) is 1. The van der Waals surface area contributed by atoms with Crippen molar-refractivity contribution >= 4 is 32.3 Å². The molecule has 3 aromatic carbocycles. The number of nitrogens with zero attached hydrogens (tertiary/aromatic N) is 2. The van der Waals surface area contributed by atoms with Crippen LogP contribution in [-0.4, -0.2) is 25.7 Å². The summed E-state index contributed by atoms with van der Waals surface area (Å²) >= 11 is 0. The Hall–Kier alpha value is -3.49. The van der Waals surface area contributed by atoms with E-state index in [1.807, 2.05) is 48.5 Å². The molecule has 0 radical (unpaired) electrons. The molecule has 1 aromatic heterocycles. The number of anilines is 2. The third-order valence-corrected chi connectivity index (χ3v) is 5.67. The lowest BCUT2D eigenvalue weighted by molar-refractivity contribution is 0.414. The minimum absolute atomic E-state index is 0.0545. The Balaban J connectivity index is 1.65. The van der Waals surface area contributed by atoms with Crippen molar-refractivity contribution in [3.05, 3.63) is 84.1 Å². The standard InChI is InChI=1S/C22H20N4O3S/c1-29-17-10-6-15(7-11-17)14-21-19-4-2-3-5-20(19)22(26-25-21)24-16-8-12-18(13-9-16)30(23,27)28/h2-13H,14H2,1H3,(H,24,26)(H2,23,27,28). The van der Waals surface area contributed by atoms with Crippen LogP contribution >= 0.6 is 0 Å².